The van der Waals surface area contributed by atoms with Crippen LogP contribution in [0.15, 0.2) is 46.8 Å². The molecular weight excluding hydrogens is 413 g/mol. The molecule has 1 fully saturated rings. The zero-order valence-corrected chi connectivity index (χ0v) is 18.6. The van der Waals surface area contributed by atoms with Crippen molar-refractivity contribution >= 4 is 17.7 Å². The lowest BCUT2D eigenvalue weighted by Crippen LogP contribution is -2.43. The van der Waals surface area contributed by atoms with Crippen molar-refractivity contribution in [1.29, 1.82) is 0 Å². The summed E-state index contributed by atoms with van der Waals surface area (Å²) in [5.41, 5.74) is 2.58. The summed E-state index contributed by atoms with van der Waals surface area (Å²) in [6.07, 6.45) is 3.99. The summed E-state index contributed by atoms with van der Waals surface area (Å²) in [5.74, 6) is -3.80. The molecule has 2 aliphatic carbocycles. The molecule has 1 N–H and O–H groups in total. The molecule has 1 aromatic carbocycles. The fourth-order valence-corrected chi connectivity index (χ4v) is 5.16. The average molecular weight is 441 g/mol. The molecule has 0 spiro atoms. The summed E-state index contributed by atoms with van der Waals surface area (Å²) >= 11 is 0. The molecule has 1 heterocycles. The quantitative estimate of drug-likeness (QED) is 0.563. The first kappa shape index (κ1) is 22.2. The summed E-state index contributed by atoms with van der Waals surface area (Å²) in [5, 5.41) is 3.24. The molecule has 0 amide bonds. The molecule has 3 aliphatic rings. The second kappa shape index (κ2) is 8.88. The molecule has 3 atom stereocenters. The third-order valence-corrected chi connectivity index (χ3v) is 6.74. The molecule has 1 aliphatic heterocycles. The maximum absolute atomic E-state index is 13.7. The normalized spacial score (nSPS) is 26.0. The van der Waals surface area contributed by atoms with Crippen LogP contribution in [0.1, 0.15) is 57.4 Å². The first-order valence-corrected chi connectivity index (χ1v) is 11.1. The van der Waals surface area contributed by atoms with Crippen LogP contribution < -0.4 is 5.32 Å². The Morgan fingerprint density at radius 1 is 1.12 bits per heavy atom. The van der Waals surface area contributed by atoms with Crippen molar-refractivity contribution in [2.75, 3.05) is 7.11 Å². The zero-order valence-electron chi connectivity index (χ0n) is 18.6. The lowest BCUT2D eigenvalue weighted by Gasteiger charge is -2.38. The number of dihydropyridines is 1. The predicted octanol–water partition coefficient (Wildman–Crippen LogP) is 3.92. The fraction of sp³-hybridized carbons (Fsp3) is 0.480. The van der Waals surface area contributed by atoms with Gasteiger partial charge < -0.3 is 14.8 Å². The average Bonchev–Trinajstić information content (AvgIpc) is 3.26. The smallest absolute Gasteiger partial charge is 0.337 e. The van der Waals surface area contributed by atoms with Crippen LogP contribution in [0.3, 0.4) is 0 Å². The Bertz CT molecular complexity index is 1000. The fourth-order valence-electron chi connectivity index (χ4n) is 5.16. The molecule has 170 valence electrons. The van der Waals surface area contributed by atoms with Crippen LogP contribution in [0.25, 0.3) is 0 Å². The highest BCUT2D eigenvalue weighted by atomic mass is 19.1. The van der Waals surface area contributed by atoms with Gasteiger partial charge in [0.1, 0.15) is 17.8 Å². The van der Waals surface area contributed by atoms with E-state index < -0.39 is 29.6 Å². The number of Topliss-reactive ketones (excluding diaryl/α,β-unsaturated/α-hetero) is 1. The van der Waals surface area contributed by atoms with Gasteiger partial charge in [-0.1, -0.05) is 19.1 Å². The highest BCUT2D eigenvalue weighted by Crippen LogP contribution is 2.45. The Morgan fingerprint density at radius 2 is 1.78 bits per heavy atom. The highest BCUT2D eigenvalue weighted by molar-refractivity contribution is 6.12. The topological polar surface area (TPSA) is 81.7 Å². The standard InChI is InChI=1S/C25H28FNO5/c1-13-12-18-22(23(28)19(13)24(29)31-3)21(15-8-10-16(26)11-9-15)20(14(2)27-18)25(30)32-17-6-4-5-7-17/h8-11,13,17,19,21,27H,4-7,12H2,1-3H3/t13-,19+,21-/m0/s1. The molecule has 1 saturated carbocycles. The number of benzene rings is 1. The molecule has 1 aromatic rings. The van der Waals surface area contributed by atoms with E-state index in [2.05, 4.69) is 5.32 Å². The van der Waals surface area contributed by atoms with E-state index >= 15 is 0 Å². The third kappa shape index (κ3) is 3.96. The molecule has 7 heteroatoms. The van der Waals surface area contributed by atoms with Gasteiger partial charge in [0.2, 0.25) is 0 Å². The summed E-state index contributed by atoms with van der Waals surface area (Å²) in [7, 11) is 1.26. The second-order valence-corrected chi connectivity index (χ2v) is 8.90. The summed E-state index contributed by atoms with van der Waals surface area (Å²) in [4.78, 5) is 39.3. The van der Waals surface area contributed by atoms with Crippen molar-refractivity contribution in [3.63, 3.8) is 0 Å². The predicted molar refractivity (Wildman–Crippen MR) is 115 cm³/mol. The van der Waals surface area contributed by atoms with Crippen LogP contribution in [-0.2, 0) is 23.9 Å². The monoisotopic (exact) mass is 441 g/mol. The highest BCUT2D eigenvalue weighted by Gasteiger charge is 2.47. The van der Waals surface area contributed by atoms with Crippen LogP contribution in [0.4, 0.5) is 4.39 Å². The van der Waals surface area contributed by atoms with E-state index in [9.17, 15) is 18.8 Å². The number of esters is 2. The molecule has 32 heavy (non-hydrogen) atoms. The van der Waals surface area contributed by atoms with Gasteiger partial charge in [-0.05, 0) is 62.6 Å². The number of hydrogen-bond acceptors (Lipinski definition) is 6. The van der Waals surface area contributed by atoms with Crippen molar-refractivity contribution in [3.8, 4) is 0 Å². The second-order valence-electron chi connectivity index (χ2n) is 8.90. The molecule has 0 saturated heterocycles. The number of allylic oxidation sites excluding steroid dienone is 3. The lowest BCUT2D eigenvalue weighted by atomic mass is 9.69. The van der Waals surface area contributed by atoms with Crippen LogP contribution in [0.2, 0.25) is 0 Å². The number of carbonyl (C=O) groups excluding carboxylic acids is 3. The first-order chi connectivity index (χ1) is 15.3. The van der Waals surface area contributed by atoms with E-state index in [1.165, 1.54) is 19.2 Å². The lowest BCUT2D eigenvalue weighted by molar-refractivity contribution is -0.151. The van der Waals surface area contributed by atoms with Crippen LogP contribution in [0, 0.1) is 17.7 Å². The van der Waals surface area contributed by atoms with E-state index in [4.69, 9.17) is 9.47 Å². The number of carbonyl (C=O) groups is 3. The van der Waals surface area contributed by atoms with Gasteiger partial charge in [-0.25, -0.2) is 9.18 Å². The number of methoxy groups -OCH3 is 1. The largest absolute Gasteiger partial charge is 0.468 e. The van der Waals surface area contributed by atoms with Gasteiger partial charge in [0.25, 0.3) is 0 Å². The van der Waals surface area contributed by atoms with Crippen molar-refractivity contribution < 1.29 is 28.2 Å². The Labute approximate surface area is 186 Å². The summed E-state index contributed by atoms with van der Waals surface area (Å²) in [6, 6.07) is 5.76. The zero-order chi connectivity index (χ0) is 23.0. The number of halogens is 1. The van der Waals surface area contributed by atoms with Gasteiger partial charge in [-0.3, -0.25) is 9.59 Å². The van der Waals surface area contributed by atoms with E-state index in [0.717, 1.165) is 25.7 Å². The third-order valence-electron chi connectivity index (χ3n) is 6.74. The number of ketones is 1. The van der Waals surface area contributed by atoms with E-state index in [-0.39, 0.29) is 17.8 Å². The molecule has 0 aromatic heterocycles. The number of hydrogen-bond donors (Lipinski definition) is 1. The maximum atomic E-state index is 13.7. The Kier molecular flexibility index (Phi) is 6.17. The molecule has 0 radical (unpaired) electrons. The van der Waals surface area contributed by atoms with Gasteiger partial charge in [0, 0.05) is 22.9 Å². The minimum absolute atomic E-state index is 0.142. The number of rotatable bonds is 4. The Morgan fingerprint density at radius 3 is 2.41 bits per heavy atom. The SMILES string of the molecule is COC(=O)[C@H]1C(=O)C2=C(C[C@@H]1C)NC(C)=C(C(=O)OC1CCCC1)[C@@H]2c1ccc(F)cc1. The minimum atomic E-state index is -0.950. The first-order valence-electron chi connectivity index (χ1n) is 11.1. The van der Waals surface area contributed by atoms with Crippen LogP contribution in [0.5, 0.6) is 0 Å². The van der Waals surface area contributed by atoms with Crippen LogP contribution in [-0.4, -0.2) is 30.9 Å². The van der Waals surface area contributed by atoms with Gasteiger partial charge >= 0.3 is 11.9 Å². The molecule has 6 nitrogen and oxygen atoms in total. The van der Waals surface area contributed by atoms with Crippen molar-refractivity contribution in [2.45, 2.75) is 58.0 Å². The molecular formula is C25H28FNO5. The molecule has 0 bridgehead atoms. The number of ether oxygens (including phenoxy) is 2. The van der Waals surface area contributed by atoms with Crippen molar-refractivity contribution in [3.05, 3.63) is 58.2 Å². The summed E-state index contributed by atoms with van der Waals surface area (Å²) < 4.78 is 24.4. The van der Waals surface area contributed by atoms with Gasteiger partial charge in [-0.15, -0.1) is 0 Å². The van der Waals surface area contributed by atoms with Crippen molar-refractivity contribution in [2.24, 2.45) is 11.8 Å². The number of nitrogens with one attached hydrogen (secondary N) is 1. The van der Waals surface area contributed by atoms with Gasteiger partial charge in [0.05, 0.1) is 12.7 Å². The van der Waals surface area contributed by atoms with Gasteiger partial charge in [0.15, 0.2) is 5.78 Å². The van der Waals surface area contributed by atoms with Crippen LogP contribution >= 0.6 is 0 Å². The van der Waals surface area contributed by atoms with E-state index in [0.29, 0.717) is 34.5 Å². The van der Waals surface area contributed by atoms with Crippen molar-refractivity contribution in [1.82, 2.24) is 5.32 Å². The van der Waals surface area contributed by atoms with E-state index in [1.54, 1.807) is 19.1 Å². The molecule has 4 rings (SSSR count). The summed E-state index contributed by atoms with van der Waals surface area (Å²) in [6.45, 7) is 3.62. The minimum Gasteiger partial charge on any atom is -0.468 e. The maximum Gasteiger partial charge on any atom is 0.337 e. The Balaban J connectivity index is 1.79. The van der Waals surface area contributed by atoms with E-state index in [1.807, 2.05) is 6.92 Å². The molecule has 0 unspecified atom stereocenters. The van der Waals surface area contributed by atoms with Gasteiger partial charge in [-0.2, -0.15) is 0 Å². The Hall–Kier alpha value is -2.96.